The van der Waals surface area contributed by atoms with Gasteiger partial charge in [0.2, 0.25) is 11.8 Å². The van der Waals surface area contributed by atoms with Crippen molar-refractivity contribution >= 4 is 23.2 Å². The molecule has 0 atom stereocenters. The lowest BCUT2D eigenvalue weighted by Gasteiger charge is -2.29. The minimum Gasteiger partial charge on any atom is -0.377 e. The summed E-state index contributed by atoms with van der Waals surface area (Å²) >= 11 is 0. The van der Waals surface area contributed by atoms with Crippen molar-refractivity contribution in [2.75, 3.05) is 24.3 Å². The van der Waals surface area contributed by atoms with E-state index in [1.807, 2.05) is 69.8 Å². The van der Waals surface area contributed by atoms with Crippen molar-refractivity contribution in [1.82, 2.24) is 4.90 Å². The lowest BCUT2D eigenvalue weighted by molar-refractivity contribution is -0.137. The Kier molecular flexibility index (Phi) is 9.89. The molecule has 0 saturated heterocycles. The zero-order valence-corrected chi connectivity index (χ0v) is 20.8. The first-order chi connectivity index (χ1) is 15.6. The highest BCUT2D eigenvalue weighted by Gasteiger charge is 2.23. The Bertz CT molecular complexity index is 921. The zero-order valence-electron chi connectivity index (χ0n) is 20.8. The third-order valence-electron chi connectivity index (χ3n) is 5.73. The molecule has 2 rings (SSSR count). The highest BCUT2D eigenvalue weighted by molar-refractivity contribution is 5.91. The number of nitrogens with zero attached hydrogens (tertiary/aromatic N) is 2. The lowest BCUT2D eigenvalue weighted by atomic mass is 10.0. The molecule has 0 heterocycles. The molecule has 0 aliphatic carbocycles. The predicted octanol–water partition coefficient (Wildman–Crippen LogP) is 5.84. The summed E-state index contributed by atoms with van der Waals surface area (Å²) in [6.45, 7) is 8.87. The van der Waals surface area contributed by atoms with Gasteiger partial charge in [0.1, 0.15) is 5.82 Å². The van der Waals surface area contributed by atoms with Crippen LogP contribution in [0.3, 0.4) is 0 Å². The summed E-state index contributed by atoms with van der Waals surface area (Å²) in [6, 6.07) is 12.1. The Labute approximate surface area is 198 Å². The SMILES string of the molecule is CCC(CC)C(=O)N(Cc1ccc(F)cc1)Cc1cc(NC(=O)CC(C)C)ccc1N(C)C. The van der Waals surface area contributed by atoms with E-state index in [1.54, 1.807) is 12.1 Å². The number of carbonyl (C=O) groups excluding carboxylic acids is 2. The molecule has 180 valence electrons. The van der Waals surface area contributed by atoms with Crippen LogP contribution in [-0.2, 0) is 22.7 Å². The van der Waals surface area contributed by atoms with Gasteiger partial charge in [-0.15, -0.1) is 0 Å². The van der Waals surface area contributed by atoms with Crippen LogP contribution in [0.15, 0.2) is 42.5 Å². The zero-order chi connectivity index (χ0) is 24.5. The van der Waals surface area contributed by atoms with Gasteiger partial charge >= 0.3 is 0 Å². The molecule has 2 aromatic rings. The molecule has 0 radical (unpaired) electrons. The molecule has 33 heavy (non-hydrogen) atoms. The van der Waals surface area contributed by atoms with Gasteiger partial charge in [-0.3, -0.25) is 9.59 Å². The number of benzene rings is 2. The average Bonchev–Trinajstić information content (AvgIpc) is 2.75. The van der Waals surface area contributed by atoms with Gasteiger partial charge < -0.3 is 15.1 Å². The number of halogens is 1. The number of amides is 2. The smallest absolute Gasteiger partial charge is 0.226 e. The first-order valence-corrected chi connectivity index (χ1v) is 11.8. The monoisotopic (exact) mass is 455 g/mol. The van der Waals surface area contributed by atoms with Crippen molar-refractivity contribution in [3.05, 3.63) is 59.4 Å². The molecule has 0 aromatic heterocycles. The molecule has 0 spiro atoms. The van der Waals surface area contributed by atoms with Crippen molar-refractivity contribution < 1.29 is 14.0 Å². The topological polar surface area (TPSA) is 52.7 Å². The molecule has 0 bridgehead atoms. The second-order valence-electron chi connectivity index (χ2n) is 9.22. The largest absolute Gasteiger partial charge is 0.377 e. The van der Waals surface area contributed by atoms with Gasteiger partial charge in [0.05, 0.1) is 0 Å². The van der Waals surface area contributed by atoms with Crippen LogP contribution < -0.4 is 10.2 Å². The quantitative estimate of drug-likeness (QED) is 0.463. The fourth-order valence-corrected chi connectivity index (χ4v) is 3.93. The van der Waals surface area contributed by atoms with E-state index in [2.05, 4.69) is 5.32 Å². The molecular formula is C27H38FN3O2. The summed E-state index contributed by atoms with van der Waals surface area (Å²) < 4.78 is 13.4. The summed E-state index contributed by atoms with van der Waals surface area (Å²) in [5.74, 6) is -0.0268. The van der Waals surface area contributed by atoms with Gasteiger partial charge in [-0.2, -0.15) is 0 Å². The average molecular weight is 456 g/mol. The lowest BCUT2D eigenvalue weighted by Crippen LogP contribution is -2.35. The Morgan fingerprint density at radius 3 is 2.15 bits per heavy atom. The second kappa shape index (κ2) is 12.4. The van der Waals surface area contributed by atoms with Gasteiger partial charge in [0, 0.05) is 50.9 Å². The first-order valence-electron chi connectivity index (χ1n) is 11.8. The molecule has 2 amide bonds. The Morgan fingerprint density at radius 1 is 0.970 bits per heavy atom. The molecule has 0 unspecified atom stereocenters. The van der Waals surface area contributed by atoms with Crippen molar-refractivity contribution in [3.8, 4) is 0 Å². The Hall–Kier alpha value is -2.89. The summed E-state index contributed by atoms with van der Waals surface area (Å²) in [5.41, 5.74) is 3.53. The third kappa shape index (κ3) is 7.88. The molecule has 0 aliphatic heterocycles. The van der Waals surface area contributed by atoms with Crippen LogP contribution >= 0.6 is 0 Å². The van der Waals surface area contributed by atoms with E-state index in [9.17, 15) is 14.0 Å². The standard InChI is InChI=1S/C27H38FN3O2/c1-7-21(8-2)27(33)31(17-20-9-11-23(28)12-10-20)18-22-16-24(13-14-25(22)30(5)6)29-26(32)15-19(3)4/h9-14,16,19,21H,7-8,15,17-18H2,1-6H3,(H,29,32). The fraction of sp³-hybridized carbons (Fsp3) is 0.481. The fourth-order valence-electron chi connectivity index (χ4n) is 3.93. The van der Waals surface area contributed by atoms with Gasteiger partial charge in [-0.25, -0.2) is 4.39 Å². The minimum absolute atomic E-state index is 0.0233. The second-order valence-corrected chi connectivity index (χ2v) is 9.22. The van der Waals surface area contributed by atoms with Gasteiger partial charge in [0.25, 0.3) is 0 Å². The molecule has 0 saturated carbocycles. The maximum atomic E-state index is 13.4. The molecule has 5 nitrogen and oxygen atoms in total. The number of rotatable bonds is 11. The number of hydrogen-bond donors (Lipinski definition) is 1. The summed E-state index contributed by atoms with van der Waals surface area (Å²) in [5, 5.41) is 2.98. The van der Waals surface area contributed by atoms with E-state index in [-0.39, 0.29) is 29.5 Å². The highest BCUT2D eigenvalue weighted by Crippen LogP contribution is 2.27. The number of hydrogen-bond acceptors (Lipinski definition) is 3. The summed E-state index contributed by atoms with van der Waals surface area (Å²) in [7, 11) is 3.92. The van der Waals surface area contributed by atoms with Crippen LogP contribution in [0.5, 0.6) is 0 Å². The van der Waals surface area contributed by atoms with Crippen molar-refractivity contribution in [3.63, 3.8) is 0 Å². The maximum Gasteiger partial charge on any atom is 0.226 e. The number of anilines is 2. The van der Waals surface area contributed by atoms with E-state index >= 15 is 0 Å². The molecule has 6 heteroatoms. The Morgan fingerprint density at radius 2 is 1.61 bits per heavy atom. The van der Waals surface area contributed by atoms with Crippen LogP contribution in [0.4, 0.5) is 15.8 Å². The molecule has 1 N–H and O–H groups in total. The van der Waals surface area contributed by atoms with Crippen LogP contribution in [0, 0.1) is 17.7 Å². The summed E-state index contributed by atoms with van der Waals surface area (Å²) in [4.78, 5) is 29.6. The van der Waals surface area contributed by atoms with Crippen molar-refractivity contribution in [2.45, 2.75) is 60.0 Å². The van der Waals surface area contributed by atoms with E-state index in [1.165, 1.54) is 12.1 Å². The van der Waals surface area contributed by atoms with Crippen LogP contribution in [-0.4, -0.2) is 30.8 Å². The highest BCUT2D eigenvalue weighted by atomic mass is 19.1. The minimum atomic E-state index is -0.295. The maximum absolute atomic E-state index is 13.4. The normalized spacial score (nSPS) is 11.1. The van der Waals surface area contributed by atoms with E-state index in [4.69, 9.17) is 0 Å². The number of carbonyl (C=O) groups is 2. The van der Waals surface area contributed by atoms with Crippen LogP contribution in [0.2, 0.25) is 0 Å². The number of nitrogens with one attached hydrogen (secondary N) is 1. The van der Waals surface area contributed by atoms with Crippen molar-refractivity contribution in [2.24, 2.45) is 11.8 Å². The molecule has 2 aromatic carbocycles. The van der Waals surface area contributed by atoms with Gasteiger partial charge in [-0.05, 0) is 60.2 Å². The van der Waals surface area contributed by atoms with Crippen LogP contribution in [0.1, 0.15) is 58.1 Å². The Balaban J connectivity index is 2.38. The predicted molar refractivity (Wildman–Crippen MR) is 134 cm³/mol. The van der Waals surface area contributed by atoms with Gasteiger partial charge in [0.15, 0.2) is 0 Å². The van der Waals surface area contributed by atoms with E-state index in [0.717, 1.165) is 35.3 Å². The van der Waals surface area contributed by atoms with E-state index in [0.29, 0.717) is 19.5 Å². The third-order valence-corrected chi connectivity index (χ3v) is 5.73. The van der Waals surface area contributed by atoms with Gasteiger partial charge in [-0.1, -0.05) is 39.8 Å². The molecule has 0 aliphatic rings. The molecule has 0 fully saturated rings. The molecular weight excluding hydrogens is 417 g/mol. The van der Waals surface area contributed by atoms with Crippen LogP contribution in [0.25, 0.3) is 0 Å². The van der Waals surface area contributed by atoms with Crippen molar-refractivity contribution in [1.29, 1.82) is 0 Å². The first kappa shape index (κ1) is 26.4. The van der Waals surface area contributed by atoms with E-state index < -0.39 is 0 Å². The summed E-state index contributed by atoms with van der Waals surface area (Å²) in [6.07, 6.45) is 1.98.